The molecule has 1 aromatic rings. The molecule has 1 aliphatic rings. The second kappa shape index (κ2) is 4.54. The van der Waals surface area contributed by atoms with E-state index in [0.29, 0.717) is 5.69 Å². The van der Waals surface area contributed by atoms with Gasteiger partial charge >= 0.3 is 0 Å². The van der Waals surface area contributed by atoms with Gasteiger partial charge in [0.15, 0.2) is 5.69 Å². The minimum Gasteiger partial charge on any atom is -0.372 e. The molecule has 1 aromatic carbocycles. The zero-order valence-corrected chi connectivity index (χ0v) is 9.68. The first-order chi connectivity index (χ1) is 7.69. The van der Waals surface area contributed by atoms with E-state index in [4.69, 9.17) is 11.3 Å². The highest BCUT2D eigenvalue weighted by molar-refractivity contribution is 5.55. The zero-order valence-electron chi connectivity index (χ0n) is 9.68. The molecule has 1 fully saturated rings. The van der Waals surface area contributed by atoms with Crippen molar-refractivity contribution in [3.8, 4) is 0 Å². The van der Waals surface area contributed by atoms with Gasteiger partial charge in [0.25, 0.3) is 0 Å². The average Bonchev–Trinajstić information content (AvgIpc) is 2.28. The quantitative estimate of drug-likeness (QED) is 0.671. The average molecular weight is 216 g/mol. The van der Waals surface area contributed by atoms with E-state index in [1.807, 2.05) is 24.3 Å². The molecule has 0 saturated carbocycles. The predicted octanol–water partition coefficient (Wildman–Crippen LogP) is 2.85. The van der Waals surface area contributed by atoms with Crippen molar-refractivity contribution in [3.63, 3.8) is 0 Å². The van der Waals surface area contributed by atoms with Crippen molar-refractivity contribution in [2.24, 2.45) is 0 Å². The highest BCUT2D eigenvalue weighted by Crippen LogP contribution is 2.23. The summed E-state index contributed by atoms with van der Waals surface area (Å²) in [7, 11) is 0. The van der Waals surface area contributed by atoms with Crippen molar-refractivity contribution in [3.05, 3.63) is 35.7 Å². The van der Waals surface area contributed by atoms with Crippen molar-refractivity contribution in [1.29, 1.82) is 0 Å². The number of hydrogen-bond acceptors (Lipinski definition) is 2. The van der Waals surface area contributed by atoms with E-state index in [1.54, 1.807) is 0 Å². The molecular formula is C13H16N2O. The molecule has 0 aromatic heterocycles. The maximum absolute atomic E-state index is 6.91. The van der Waals surface area contributed by atoms with Gasteiger partial charge in [-0.25, -0.2) is 4.85 Å². The molecule has 0 aliphatic carbocycles. The van der Waals surface area contributed by atoms with Crippen LogP contribution in [0.2, 0.25) is 0 Å². The van der Waals surface area contributed by atoms with Gasteiger partial charge in [-0.1, -0.05) is 12.1 Å². The minimum absolute atomic E-state index is 0.268. The van der Waals surface area contributed by atoms with Crippen LogP contribution in [-0.4, -0.2) is 25.3 Å². The molecule has 0 spiro atoms. The molecule has 2 rings (SSSR count). The Hall–Kier alpha value is -1.53. The van der Waals surface area contributed by atoms with E-state index in [0.717, 1.165) is 13.1 Å². The number of anilines is 1. The monoisotopic (exact) mass is 216 g/mol. The highest BCUT2D eigenvalue weighted by Gasteiger charge is 2.21. The standard InChI is InChI=1S/C13H16N2O/c1-10-8-15(9-11(2)16-10)13-6-4-12(14-3)5-7-13/h4-7,10-11H,8-9H2,1-2H3/t10-,11+. The topological polar surface area (TPSA) is 16.8 Å². The van der Waals surface area contributed by atoms with E-state index < -0.39 is 0 Å². The van der Waals surface area contributed by atoms with Crippen molar-refractivity contribution in [2.45, 2.75) is 26.1 Å². The summed E-state index contributed by atoms with van der Waals surface area (Å²) >= 11 is 0. The van der Waals surface area contributed by atoms with E-state index in [2.05, 4.69) is 23.6 Å². The van der Waals surface area contributed by atoms with Crippen LogP contribution in [0.1, 0.15) is 13.8 Å². The van der Waals surface area contributed by atoms with Crippen LogP contribution in [0.3, 0.4) is 0 Å². The lowest BCUT2D eigenvalue weighted by atomic mass is 10.2. The maximum Gasteiger partial charge on any atom is 0.187 e. The lowest BCUT2D eigenvalue weighted by Crippen LogP contribution is -2.45. The number of rotatable bonds is 1. The summed E-state index contributed by atoms with van der Waals surface area (Å²) in [5.41, 5.74) is 1.87. The summed E-state index contributed by atoms with van der Waals surface area (Å²) in [5.74, 6) is 0. The lowest BCUT2D eigenvalue weighted by molar-refractivity contribution is -0.00521. The Labute approximate surface area is 96.5 Å². The van der Waals surface area contributed by atoms with Crippen LogP contribution >= 0.6 is 0 Å². The van der Waals surface area contributed by atoms with Gasteiger partial charge in [0.05, 0.1) is 18.8 Å². The summed E-state index contributed by atoms with van der Waals surface area (Å²) in [4.78, 5) is 5.71. The van der Waals surface area contributed by atoms with Crippen LogP contribution in [0, 0.1) is 6.57 Å². The van der Waals surface area contributed by atoms with Gasteiger partial charge in [-0.3, -0.25) is 0 Å². The number of ether oxygens (including phenoxy) is 1. The maximum atomic E-state index is 6.91. The molecule has 1 aliphatic heterocycles. The van der Waals surface area contributed by atoms with Crippen LogP contribution in [0.25, 0.3) is 4.85 Å². The number of nitrogens with zero attached hydrogens (tertiary/aromatic N) is 2. The normalized spacial score (nSPS) is 25.2. The first-order valence-corrected chi connectivity index (χ1v) is 5.57. The molecule has 0 unspecified atom stereocenters. The number of morpholine rings is 1. The fourth-order valence-corrected chi connectivity index (χ4v) is 2.13. The molecule has 3 heteroatoms. The largest absolute Gasteiger partial charge is 0.372 e. The van der Waals surface area contributed by atoms with Gasteiger partial charge in [-0.05, 0) is 26.0 Å². The third kappa shape index (κ3) is 2.34. The molecular weight excluding hydrogens is 200 g/mol. The van der Waals surface area contributed by atoms with Crippen molar-refractivity contribution in [2.75, 3.05) is 18.0 Å². The first kappa shape index (κ1) is 11.0. The van der Waals surface area contributed by atoms with Crippen LogP contribution in [-0.2, 0) is 4.74 Å². The van der Waals surface area contributed by atoms with Gasteiger partial charge in [0, 0.05) is 18.8 Å². The summed E-state index contributed by atoms with van der Waals surface area (Å²) in [6, 6.07) is 7.76. The summed E-state index contributed by atoms with van der Waals surface area (Å²) in [6.45, 7) is 12.9. The van der Waals surface area contributed by atoms with Crippen molar-refractivity contribution >= 4 is 11.4 Å². The molecule has 2 atom stereocenters. The van der Waals surface area contributed by atoms with Gasteiger partial charge in [-0.2, -0.15) is 0 Å². The molecule has 0 amide bonds. The zero-order chi connectivity index (χ0) is 11.5. The fraction of sp³-hybridized carbons (Fsp3) is 0.462. The van der Waals surface area contributed by atoms with E-state index in [-0.39, 0.29) is 12.2 Å². The van der Waals surface area contributed by atoms with Crippen LogP contribution < -0.4 is 4.90 Å². The Kier molecular flexibility index (Phi) is 3.12. The Balaban J connectivity index is 2.14. The van der Waals surface area contributed by atoms with Crippen molar-refractivity contribution < 1.29 is 4.74 Å². The van der Waals surface area contributed by atoms with Gasteiger partial charge in [0.2, 0.25) is 0 Å². The molecule has 0 radical (unpaired) electrons. The smallest absolute Gasteiger partial charge is 0.187 e. The Bertz CT molecular complexity index is 383. The first-order valence-electron chi connectivity index (χ1n) is 5.57. The number of benzene rings is 1. The summed E-state index contributed by atoms with van der Waals surface area (Å²) < 4.78 is 5.69. The van der Waals surface area contributed by atoms with E-state index in [9.17, 15) is 0 Å². The predicted molar refractivity (Wildman–Crippen MR) is 64.9 cm³/mol. The second-order valence-corrected chi connectivity index (χ2v) is 4.29. The number of hydrogen-bond donors (Lipinski definition) is 0. The third-order valence-electron chi connectivity index (χ3n) is 2.76. The van der Waals surface area contributed by atoms with Gasteiger partial charge < -0.3 is 9.64 Å². The lowest BCUT2D eigenvalue weighted by Gasteiger charge is -2.36. The van der Waals surface area contributed by atoms with Gasteiger partial charge in [-0.15, -0.1) is 0 Å². The SMILES string of the molecule is [C-]#[N+]c1ccc(N2C[C@@H](C)O[C@@H](C)C2)cc1. The molecule has 84 valence electrons. The molecule has 16 heavy (non-hydrogen) atoms. The Morgan fingerprint density at radius 1 is 1.19 bits per heavy atom. The van der Waals surface area contributed by atoms with Crippen molar-refractivity contribution in [1.82, 2.24) is 0 Å². The Morgan fingerprint density at radius 3 is 2.25 bits per heavy atom. The molecule has 0 bridgehead atoms. The second-order valence-electron chi connectivity index (χ2n) is 4.29. The minimum atomic E-state index is 0.268. The highest BCUT2D eigenvalue weighted by atomic mass is 16.5. The van der Waals surface area contributed by atoms with E-state index in [1.165, 1.54) is 5.69 Å². The Morgan fingerprint density at radius 2 is 1.75 bits per heavy atom. The van der Waals surface area contributed by atoms with Crippen LogP contribution in [0.15, 0.2) is 24.3 Å². The van der Waals surface area contributed by atoms with E-state index >= 15 is 0 Å². The van der Waals surface area contributed by atoms with Gasteiger partial charge in [0.1, 0.15) is 0 Å². The molecule has 1 heterocycles. The summed E-state index contributed by atoms with van der Waals surface area (Å²) in [5, 5.41) is 0. The van der Waals surface area contributed by atoms with Crippen LogP contribution in [0.4, 0.5) is 11.4 Å². The molecule has 3 nitrogen and oxygen atoms in total. The third-order valence-corrected chi connectivity index (χ3v) is 2.76. The van der Waals surface area contributed by atoms with Crippen LogP contribution in [0.5, 0.6) is 0 Å². The summed E-state index contributed by atoms with van der Waals surface area (Å²) in [6.07, 6.45) is 0.536. The molecule has 1 saturated heterocycles. The molecule has 0 N–H and O–H groups in total. The fourth-order valence-electron chi connectivity index (χ4n) is 2.13.